The lowest BCUT2D eigenvalue weighted by molar-refractivity contribution is -0.108. The Hall–Kier alpha value is -0.600. The summed E-state index contributed by atoms with van der Waals surface area (Å²) in [6, 6.07) is 0. The molecule has 2 aliphatic carbocycles. The highest BCUT2D eigenvalue weighted by molar-refractivity contribution is 5.17. The molecule has 2 fully saturated rings. The predicted octanol–water partition coefficient (Wildman–Crippen LogP) is 4.47. The van der Waals surface area contributed by atoms with Crippen LogP contribution in [0.1, 0.15) is 66.2 Å². The van der Waals surface area contributed by atoms with Crippen molar-refractivity contribution >= 4 is 0 Å². The van der Waals surface area contributed by atoms with Gasteiger partial charge in [0.2, 0.25) is 0 Å². The molecule has 0 heterocycles. The van der Waals surface area contributed by atoms with Crippen molar-refractivity contribution < 1.29 is 10.2 Å². The maximum atomic E-state index is 10.4. The summed E-state index contributed by atoms with van der Waals surface area (Å²) in [5.41, 5.74) is 0.760. The molecule has 0 aromatic carbocycles. The van der Waals surface area contributed by atoms with Gasteiger partial charge in [-0.05, 0) is 68.1 Å². The molecule has 2 saturated carbocycles. The second-order valence-electron chi connectivity index (χ2n) is 8.96. The Balaban J connectivity index is 2.26. The lowest BCUT2D eigenvalue weighted by Crippen LogP contribution is -2.53. The molecule has 0 saturated heterocycles. The third-order valence-corrected chi connectivity index (χ3v) is 6.60. The zero-order chi connectivity index (χ0) is 16.8. The third kappa shape index (κ3) is 3.19. The fourth-order valence-corrected chi connectivity index (χ4v) is 5.51. The SMILES string of the molecule is C=C[C@@](C)(O)CC[C@@H]1C(=C)CC[C@@H]2C(C)(C)C[C@@H](O)C[C@@]12C. The van der Waals surface area contributed by atoms with Crippen LogP contribution in [0.3, 0.4) is 0 Å². The first kappa shape index (κ1) is 17.7. The van der Waals surface area contributed by atoms with Crippen LogP contribution in [0.4, 0.5) is 0 Å². The maximum Gasteiger partial charge on any atom is 0.0797 e. The molecule has 2 aliphatic rings. The van der Waals surface area contributed by atoms with Gasteiger partial charge >= 0.3 is 0 Å². The van der Waals surface area contributed by atoms with Gasteiger partial charge in [-0.15, -0.1) is 6.58 Å². The van der Waals surface area contributed by atoms with E-state index < -0.39 is 5.60 Å². The minimum Gasteiger partial charge on any atom is -0.393 e. The average Bonchev–Trinajstić information content (AvgIpc) is 2.35. The van der Waals surface area contributed by atoms with Crippen molar-refractivity contribution in [1.29, 1.82) is 0 Å². The third-order valence-electron chi connectivity index (χ3n) is 6.60. The fraction of sp³-hybridized carbons (Fsp3) is 0.800. The zero-order valence-corrected chi connectivity index (χ0v) is 14.9. The van der Waals surface area contributed by atoms with Crippen LogP contribution in [-0.4, -0.2) is 21.9 Å². The number of fused-ring (bicyclic) bond motifs is 1. The molecule has 22 heavy (non-hydrogen) atoms. The summed E-state index contributed by atoms with van der Waals surface area (Å²) in [5, 5.41) is 20.7. The molecule has 0 aromatic rings. The Kier molecular flexibility index (Phi) is 4.68. The van der Waals surface area contributed by atoms with Crippen LogP contribution in [0.2, 0.25) is 0 Å². The van der Waals surface area contributed by atoms with Gasteiger partial charge in [0.15, 0.2) is 0 Å². The Labute approximate surface area is 136 Å². The number of allylic oxidation sites excluding steroid dienone is 1. The summed E-state index contributed by atoms with van der Waals surface area (Å²) in [7, 11) is 0. The largest absolute Gasteiger partial charge is 0.393 e. The molecule has 0 aliphatic heterocycles. The van der Waals surface area contributed by atoms with E-state index >= 15 is 0 Å². The molecule has 0 amide bonds. The van der Waals surface area contributed by atoms with Crippen molar-refractivity contribution in [2.24, 2.45) is 22.7 Å². The van der Waals surface area contributed by atoms with E-state index in [2.05, 4.69) is 33.9 Å². The highest BCUT2D eigenvalue weighted by Gasteiger charge is 2.54. The van der Waals surface area contributed by atoms with E-state index in [0.29, 0.717) is 18.3 Å². The van der Waals surface area contributed by atoms with Crippen LogP contribution in [0.15, 0.2) is 24.8 Å². The van der Waals surface area contributed by atoms with Crippen molar-refractivity contribution in [3.63, 3.8) is 0 Å². The average molecular weight is 306 g/mol. The first-order valence-corrected chi connectivity index (χ1v) is 8.73. The molecule has 0 unspecified atom stereocenters. The molecule has 0 spiro atoms. The maximum absolute atomic E-state index is 10.4. The standard InChI is InChI=1S/C20H34O2/c1-7-19(5,22)11-10-16-14(2)8-9-17-18(3,4)12-15(21)13-20(16,17)6/h7,15-17,21-22H,1-2,8-13H2,3-6H3/t15-,16-,17-,19-,20+/m1/s1. The molecule has 2 nitrogen and oxygen atoms in total. The number of aliphatic hydroxyl groups excluding tert-OH is 1. The quantitative estimate of drug-likeness (QED) is 0.752. The lowest BCUT2D eigenvalue weighted by Gasteiger charge is -2.59. The number of rotatable bonds is 4. The van der Waals surface area contributed by atoms with Gasteiger partial charge in [0.25, 0.3) is 0 Å². The lowest BCUT2D eigenvalue weighted by atomic mass is 9.46. The molecule has 126 valence electrons. The van der Waals surface area contributed by atoms with E-state index in [9.17, 15) is 10.2 Å². The van der Waals surface area contributed by atoms with Gasteiger partial charge in [0, 0.05) is 0 Å². The molecular weight excluding hydrogens is 272 g/mol. The van der Waals surface area contributed by atoms with E-state index in [1.807, 2.05) is 6.92 Å². The highest BCUT2D eigenvalue weighted by atomic mass is 16.3. The number of aliphatic hydroxyl groups is 2. The molecule has 5 atom stereocenters. The molecule has 0 bridgehead atoms. The Morgan fingerprint density at radius 2 is 1.95 bits per heavy atom. The number of hydrogen-bond donors (Lipinski definition) is 2. The summed E-state index contributed by atoms with van der Waals surface area (Å²) in [4.78, 5) is 0. The van der Waals surface area contributed by atoms with Crippen LogP contribution in [0.25, 0.3) is 0 Å². The summed E-state index contributed by atoms with van der Waals surface area (Å²) in [6.45, 7) is 16.9. The molecular formula is C20H34O2. The van der Waals surface area contributed by atoms with Gasteiger partial charge in [-0.1, -0.05) is 39.0 Å². The van der Waals surface area contributed by atoms with Gasteiger partial charge < -0.3 is 10.2 Å². The normalized spacial score (nSPS) is 40.6. The molecule has 0 radical (unpaired) electrons. The summed E-state index contributed by atoms with van der Waals surface area (Å²) >= 11 is 0. The van der Waals surface area contributed by atoms with E-state index in [1.54, 1.807) is 6.08 Å². The van der Waals surface area contributed by atoms with Gasteiger partial charge in [-0.2, -0.15) is 0 Å². The van der Waals surface area contributed by atoms with E-state index in [1.165, 1.54) is 12.0 Å². The van der Waals surface area contributed by atoms with Gasteiger partial charge in [-0.25, -0.2) is 0 Å². The molecule has 2 heteroatoms. The van der Waals surface area contributed by atoms with Crippen molar-refractivity contribution in [3.8, 4) is 0 Å². The first-order chi connectivity index (χ1) is 10.0. The second kappa shape index (κ2) is 5.79. The molecule has 2 rings (SSSR count). The van der Waals surface area contributed by atoms with Gasteiger partial charge in [-0.3, -0.25) is 0 Å². The Morgan fingerprint density at radius 3 is 2.55 bits per heavy atom. The Morgan fingerprint density at radius 1 is 1.32 bits per heavy atom. The van der Waals surface area contributed by atoms with Crippen molar-refractivity contribution in [1.82, 2.24) is 0 Å². The first-order valence-electron chi connectivity index (χ1n) is 8.73. The van der Waals surface area contributed by atoms with Crippen LogP contribution >= 0.6 is 0 Å². The van der Waals surface area contributed by atoms with Crippen LogP contribution in [-0.2, 0) is 0 Å². The molecule has 0 aromatic heterocycles. The van der Waals surface area contributed by atoms with Gasteiger partial charge in [0.05, 0.1) is 11.7 Å². The van der Waals surface area contributed by atoms with Crippen LogP contribution in [0.5, 0.6) is 0 Å². The predicted molar refractivity (Wildman–Crippen MR) is 92.5 cm³/mol. The van der Waals surface area contributed by atoms with Gasteiger partial charge in [0.1, 0.15) is 0 Å². The highest BCUT2D eigenvalue weighted by Crippen LogP contribution is 2.61. The monoisotopic (exact) mass is 306 g/mol. The minimum absolute atomic E-state index is 0.0910. The number of hydrogen-bond acceptors (Lipinski definition) is 2. The van der Waals surface area contributed by atoms with Crippen molar-refractivity contribution in [3.05, 3.63) is 24.8 Å². The molecule has 2 N–H and O–H groups in total. The summed E-state index contributed by atoms with van der Waals surface area (Å²) in [5.74, 6) is 1.000. The summed E-state index contributed by atoms with van der Waals surface area (Å²) < 4.78 is 0. The van der Waals surface area contributed by atoms with Crippen molar-refractivity contribution in [2.75, 3.05) is 0 Å². The van der Waals surface area contributed by atoms with Crippen molar-refractivity contribution in [2.45, 2.75) is 77.9 Å². The minimum atomic E-state index is -0.813. The fourth-order valence-electron chi connectivity index (χ4n) is 5.51. The zero-order valence-electron chi connectivity index (χ0n) is 14.9. The second-order valence-corrected chi connectivity index (χ2v) is 8.96. The smallest absolute Gasteiger partial charge is 0.0797 e. The topological polar surface area (TPSA) is 40.5 Å². The van der Waals surface area contributed by atoms with E-state index in [-0.39, 0.29) is 16.9 Å². The van der Waals surface area contributed by atoms with Crippen LogP contribution in [0, 0.1) is 22.7 Å². The summed E-state index contributed by atoms with van der Waals surface area (Å²) in [6.07, 6.45) is 7.08. The van der Waals surface area contributed by atoms with E-state index in [4.69, 9.17) is 0 Å². The van der Waals surface area contributed by atoms with Crippen LogP contribution < -0.4 is 0 Å². The Bertz CT molecular complexity index is 449. The van der Waals surface area contributed by atoms with E-state index in [0.717, 1.165) is 25.7 Å².